The third-order valence-corrected chi connectivity index (χ3v) is 4.51. The van der Waals surface area contributed by atoms with Gasteiger partial charge >= 0.3 is 0 Å². The van der Waals surface area contributed by atoms with Gasteiger partial charge in [-0.15, -0.1) is 0 Å². The predicted molar refractivity (Wildman–Crippen MR) is 90.8 cm³/mol. The average molecular weight is 293 g/mol. The molecule has 1 N–H and O–H groups in total. The number of carbonyl (C=O) groups excluding carboxylic acids is 1. The van der Waals surface area contributed by atoms with E-state index >= 15 is 0 Å². The van der Waals surface area contributed by atoms with Gasteiger partial charge in [-0.3, -0.25) is 4.79 Å². The Morgan fingerprint density at radius 2 is 1.45 bits per heavy atom. The Morgan fingerprint density at radius 1 is 0.864 bits per heavy atom. The second-order valence-electron chi connectivity index (χ2n) is 6.09. The van der Waals surface area contributed by atoms with E-state index < -0.39 is 0 Å². The molecule has 0 bridgehead atoms. The highest BCUT2D eigenvalue weighted by Crippen LogP contribution is 2.31. The molecule has 3 rings (SSSR count). The van der Waals surface area contributed by atoms with Gasteiger partial charge in [0.1, 0.15) is 6.04 Å². The zero-order valence-corrected chi connectivity index (χ0v) is 12.9. The first-order chi connectivity index (χ1) is 10.8. The van der Waals surface area contributed by atoms with Crippen LogP contribution in [-0.4, -0.2) is 5.78 Å². The average Bonchev–Trinajstić information content (AvgIpc) is 2.61. The molecule has 114 valence electrons. The van der Waals surface area contributed by atoms with Crippen LogP contribution < -0.4 is 5.32 Å². The number of benzene rings is 2. The summed E-state index contributed by atoms with van der Waals surface area (Å²) in [6, 6.07) is 19.9. The van der Waals surface area contributed by atoms with Crippen molar-refractivity contribution >= 4 is 11.5 Å². The number of para-hydroxylation sites is 1. The third kappa shape index (κ3) is 3.56. The van der Waals surface area contributed by atoms with Gasteiger partial charge in [-0.25, -0.2) is 0 Å². The number of anilines is 1. The van der Waals surface area contributed by atoms with Crippen molar-refractivity contribution in [3.05, 3.63) is 66.2 Å². The molecule has 1 atom stereocenters. The Balaban J connectivity index is 1.84. The number of hydrogen-bond donors (Lipinski definition) is 1. The molecule has 2 heteroatoms. The maximum Gasteiger partial charge on any atom is 0.162 e. The molecule has 2 aromatic carbocycles. The van der Waals surface area contributed by atoms with Gasteiger partial charge in [-0.05, 0) is 30.5 Å². The highest BCUT2D eigenvalue weighted by Gasteiger charge is 2.29. The highest BCUT2D eigenvalue weighted by atomic mass is 16.1. The molecule has 1 fully saturated rings. The second kappa shape index (κ2) is 7.26. The van der Waals surface area contributed by atoms with Gasteiger partial charge in [-0.2, -0.15) is 0 Å². The van der Waals surface area contributed by atoms with E-state index in [0.29, 0.717) is 5.78 Å². The van der Waals surface area contributed by atoms with E-state index in [4.69, 9.17) is 0 Å². The quantitative estimate of drug-likeness (QED) is 0.841. The Kier molecular flexibility index (Phi) is 4.89. The lowest BCUT2D eigenvalue weighted by Crippen LogP contribution is -2.29. The summed E-state index contributed by atoms with van der Waals surface area (Å²) in [6.45, 7) is 0. The number of rotatable bonds is 5. The van der Waals surface area contributed by atoms with E-state index in [9.17, 15) is 4.79 Å². The van der Waals surface area contributed by atoms with Crippen LogP contribution in [0, 0.1) is 5.92 Å². The normalized spacial score (nSPS) is 16.9. The van der Waals surface area contributed by atoms with Crippen molar-refractivity contribution in [2.75, 3.05) is 5.32 Å². The van der Waals surface area contributed by atoms with Gasteiger partial charge in [0.05, 0.1) is 0 Å². The van der Waals surface area contributed by atoms with Crippen LogP contribution in [0.25, 0.3) is 0 Å². The topological polar surface area (TPSA) is 29.1 Å². The Labute approximate surface area is 132 Å². The minimum Gasteiger partial charge on any atom is -0.372 e. The van der Waals surface area contributed by atoms with Gasteiger partial charge in [0.2, 0.25) is 0 Å². The summed E-state index contributed by atoms with van der Waals surface area (Å²) >= 11 is 0. The second-order valence-corrected chi connectivity index (χ2v) is 6.09. The van der Waals surface area contributed by atoms with E-state index in [1.807, 2.05) is 60.7 Å². The summed E-state index contributed by atoms with van der Waals surface area (Å²) in [7, 11) is 0. The number of carbonyl (C=O) groups is 1. The first-order valence-corrected chi connectivity index (χ1v) is 8.25. The molecule has 0 spiro atoms. The van der Waals surface area contributed by atoms with Gasteiger partial charge in [0.25, 0.3) is 0 Å². The monoisotopic (exact) mass is 293 g/mol. The van der Waals surface area contributed by atoms with Crippen LogP contribution in [0.5, 0.6) is 0 Å². The number of nitrogens with one attached hydrogen (secondary N) is 1. The van der Waals surface area contributed by atoms with Crippen LogP contribution in [0.1, 0.15) is 43.7 Å². The van der Waals surface area contributed by atoms with E-state index in [0.717, 1.165) is 24.1 Å². The lowest BCUT2D eigenvalue weighted by molar-refractivity contribution is -0.124. The first-order valence-electron chi connectivity index (χ1n) is 8.25. The van der Waals surface area contributed by atoms with Crippen LogP contribution in [0.3, 0.4) is 0 Å². The molecular formula is C20H23NO. The molecule has 0 radical (unpaired) electrons. The minimum atomic E-state index is -0.244. The smallest absolute Gasteiger partial charge is 0.162 e. The molecule has 2 nitrogen and oxygen atoms in total. The van der Waals surface area contributed by atoms with Gasteiger partial charge in [-0.1, -0.05) is 67.8 Å². The van der Waals surface area contributed by atoms with Crippen LogP contribution >= 0.6 is 0 Å². The van der Waals surface area contributed by atoms with Crippen molar-refractivity contribution in [1.82, 2.24) is 0 Å². The summed E-state index contributed by atoms with van der Waals surface area (Å²) in [6.07, 6.45) is 5.72. The van der Waals surface area contributed by atoms with E-state index in [2.05, 4.69) is 5.32 Å². The van der Waals surface area contributed by atoms with Crippen molar-refractivity contribution in [1.29, 1.82) is 0 Å². The third-order valence-electron chi connectivity index (χ3n) is 4.51. The molecule has 22 heavy (non-hydrogen) atoms. The molecule has 1 saturated carbocycles. The lowest BCUT2D eigenvalue weighted by atomic mass is 9.82. The van der Waals surface area contributed by atoms with Crippen molar-refractivity contribution < 1.29 is 4.79 Å². The summed E-state index contributed by atoms with van der Waals surface area (Å²) in [5, 5.41) is 3.44. The van der Waals surface area contributed by atoms with E-state index in [1.165, 1.54) is 19.3 Å². The largest absolute Gasteiger partial charge is 0.372 e. The molecule has 0 heterocycles. The van der Waals surface area contributed by atoms with Crippen LogP contribution in [-0.2, 0) is 4.79 Å². The first kappa shape index (κ1) is 14.8. The zero-order chi connectivity index (χ0) is 15.2. The van der Waals surface area contributed by atoms with Crippen molar-refractivity contribution in [3.8, 4) is 0 Å². The summed E-state index contributed by atoms with van der Waals surface area (Å²) in [4.78, 5) is 13.0. The molecule has 0 amide bonds. The predicted octanol–water partition coefficient (Wildman–Crippen LogP) is 4.99. The van der Waals surface area contributed by atoms with Crippen LogP contribution in [0.2, 0.25) is 0 Å². The number of ketones is 1. The number of hydrogen-bond acceptors (Lipinski definition) is 2. The maximum absolute atomic E-state index is 13.0. The van der Waals surface area contributed by atoms with Gasteiger partial charge in [0, 0.05) is 11.6 Å². The SMILES string of the molecule is O=C(C1CCCCC1)C(Nc1ccccc1)c1ccccc1. The van der Waals surface area contributed by atoms with E-state index in [1.54, 1.807) is 0 Å². The molecule has 0 aromatic heterocycles. The fourth-order valence-corrected chi connectivity index (χ4v) is 3.29. The van der Waals surface area contributed by atoms with Crippen LogP contribution in [0.4, 0.5) is 5.69 Å². The van der Waals surface area contributed by atoms with Crippen molar-refractivity contribution in [2.45, 2.75) is 38.1 Å². The summed E-state index contributed by atoms with van der Waals surface area (Å²) < 4.78 is 0. The van der Waals surface area contributed by atoms with Gasteiger partial charge < -0.3 is 5.32 Å². The fourth-order valence-electron chi connectivity index (χ4n) is 3.29. The van der Waals surface area contributed by atoms with E-state index in [-0.39, 0.29) is 12.0 Å². The Bertz CT molecular complexity index is 588. The summed E-state index contributed by atoms with van der Waals surface area (Å²) in [5.74, 6) is 0.546. The Hall–Kier alpha value is -2.09. The maximum atomic E-state index is 13.0. The van der Waals surface area contributed by atoms with Crippen molar-refractivity contribution in [3.63, 3.8) is 0 Å². The molecule has 1 aliphatic rings. The molecule has 1 aliphatic carbocycles. The van der Waals surface area contributed by atoms with Gasteiger partial charge in [0.15, 0.2) is 5.78 Å². The minimum absolute atomic E-state index is 0.204. The molecule has 1 unspecified atom stereocenters. The van der Waals surface area contributed by atoms with Crippen LogP contribution in [0.15, 0.2) is 60.7 Å². The highest BCUT2D eigenvalue weighted by molar-refractivity contribution is 5.90. The molecular weight excluding hydrogens is 270 g/mol. The van der Waals surface area contributed by atoms with Crippen molar-refractivity contribution in [2.24, 2.45) is 5.92 Å². The fraction of sp³-hybridized carbons (Fsp3) is 0.350. The Morgan fingerprint density at radius 3 is 2.09 bits per heavy atom. The standard InChI is InChI=1S/C20H23NO/c22-20(17-12-6-2-7-13-17)19(16-10-4-1-5-11-16)21-18-14-8-3-9-15-18/h1,3-5,8-11,14-15,17,19,21H,2,6-7,12-13H2. The summed E-state index contributed by atoms with van der Waals surface area (Å²) in [5.41, 5.74) is 2.06. The molecule has 0 aliphatic heterocycles. The molecule has 2 aromatic rings. The lowest BCUT2D eigenvalue weighted by Gasteiger charge is -2.27. The molecule has 0 saturated heterocycles. The number of Topliss-reactive ketones (excluding diaryl/α,β-unsaturated/α-hetero) is 1. The zero-order valence-electron chi connectivity index (χ0n) is 12.9.